The highest BCUT2D eigenvalue weighted by atomic mass is 16.2. The van der Waals surface area contributed by atoms with E-state index in [9.17, 15) is 4.79 Å². The topological polar surface area (TPSA) is 66.8 Å². The van der Waals surface area contributed by atoms with Crippen molar-refractivity contribution in [2.75, 3.05) is 7.05 Å². The van der Waals surface area contributed by atoms with Crippen LogP contribution in [0.5, 0.6) is 0 Å². The van der Waals surface area contributed by atoms with Crippen LogP contribution in [0.2, 0.25) is 0 Å². The molecule has 0 bridgehead atoms. The minimum Gasteiger partial charge on any atom is -0.336 e. The first-order valence-electron chi connectivity index (χ1n) is 8.38. The average molecular weight is 337 g/mol. The summed E-state index contributed by atoms with van der Waals surface area (Å²) in [6, 6.07) is 9.88. The molecular weight excluding hydrogens is 314 g/mol. The molecule has 0 saturated carbocycles. The summed E-state index contributed by atoms with van der Waals surface area (Å²) in [5, 5.41) is 11.5. The molecular formula is C19H23N5O. The van der Waals surface area contributed by atoms with Crippen molar-refractivity contribution < 1.29 is 4.79 Å². The predicted octanol–water partition coefficient (Wildman–Crippen LogP) is 3.18. The van der Waals surface area contributed by atoms with Gasteiger partial charge in [-0.1, -0.05) is 29.8 Å². The van der Waals surface area contributed by atoms with Crippen LogP contribution in [0.3, 0.4) is 0 Å². The van der Waals surface area contributed by atoms with E-state index in [2.05, 4.69) is 22.2 Å². The van der Waals surface area contributed by atoms with Crippen molar-refractivity contribution in [3.8, 4) is 11.3 Å². The van der Waals surface area contributed by atoms with Crippen LogP contribution in [-0.2, 0) is 13.1 Å². The number of carbonyl (C=O) groups is 1. The van der Waals surface area contributed by atoms with Gasteiger partial charge in [-0.2, -0.15) is 10.2 Å². The molecule has 1 amide bonds. The molecule has 6 nitrogen and oxygen atoms in total. The van der Waals surface area contributed by atoms with E-state index in [0.29, 0.717) is 12.2 Å². The standard InChI is InChI=1S/C19H23N5O/c1-5-24-14(3)16(11-20-24)12-23(4)19(25)18-10-17(21-22-18)15-8-6-13(2)7-9-15/h6-11H,5,12H2,1-4H3,(H,21,22). The van der Waals surface area contributed by atoms with Gasteiger partial charge < -0.3 is 4.90 Å². The lowest BCUT2D eigenvalue weighted by Crippen LogP contribution is -2.26. The molecule has 0 aliphatic heterocycles. The molecule has 2 aromatic heterocycles. The Balaban J connectivity index is 1.74. The van der Waals surface area contributed by atoms with Crippen molar-refractivity contribution in [1.82, 2.24) is 24.9 Å². The van der Waals surface area contributed by atoms with Gasteiger partial charge in [-0.05, 0) is 26.8 Å². The second-order valence-corrected chi connectivity index (χ2v) is 6.27. The Morgan fingerprint density at radius 1 is 1.24 bits per heavy atom. The third-order valence-electron chi connectivity index (χ3n) is 4.41. The number of hydrogen-bond acceptors (Lipinski definition) is 3. The van der Waals surface area contributed by atoms with E-state index in [1.54, 1.807) is 18.0 Å². The molecule has 1 aromatic carbocycles. The second-order valence-electron chi connectivity index (χ2n) is 6.27. The molecule has 1 N–H and O–H groups in total. The van der Waals surface area contributed by atoms with E-state index in [-0.39, 0.29) is 5.91 Å². The van der Waals surface area contributed by atoms with Gasteiger partial charge >= 0.3 is 0 Å². The maximum Gasteiger partial charge on any atom is 0.271 e. The maximum absolute atomic E-state index is 12.7. The Kier molecular flexibility index (Phi) is 4.70. The molecule has 3 aromatic rings. The van der Waals surface area contributed by atoms with Crippen LogP contribution in [0, 0.1) is 13.8 Å². The van der Waals surface area contributed by atoms with E-state index in [0.717, 1.165) is 29.1 Å². The zero-order valence-corrected chi connectivity index (χ0v) is 15.1. The number of hydrogen-bond donors (Lipinski definition) is 1. The summed E-state index contributed by atoms with van der Waals surface area (Å²) in [4.78, 5) is 14.3. The van der Waals surface area contributed by atoms with Gasteiger partial charge in [0.15, 0.2) is 0 Å². The third-order valence-corrected chi connectivity index (χ3v) is 4.41. The highest BCUT2D eigenvalue weighted by Crippen LogP contribution is 2.19. The number of benzene rings is 1. The lowest BCUT2D eigenvalue weighted by molar-refractivity contribution is 0.0779. The summed E-state index contributed by atoms with van der Waals surface area (Å²) >= 11 is 0. The van der Waals surface area contributed by atoms with Crippen molar-refractivity contribution in [2.45, 2.75) is 33.9 Å². The van der Waals surface area contributed by atoms with Crippen LogP contribution >= 0.6 is 0 Å². The Morgan fingerprint density at radius 3 is 2.60 bits per heavy atom. The summed E-state index contributed by atoms with van der Waals surface area (Å²) in [6.45, 7) is 7.46. The zero-order valence-electron chi connectivity index (χ0n) is 15.1. The first kappa shape index (κ1) is 17.0. The number of aromatic nitrogens is 4. The SMILES string of the molecule is CCn1ncc(CN(C)C(=O)c2cc(-c3ccc(C)cc3)n[nH]2)c1C. The number of carbonyl (C=O) groups excluding carboxylic acids is 1. The highest BCUT2D eigenvalue weighted by Gasteiger charge is 2.17. The molecule has 3 rings (SSSR count). The molecule has 0 spiro atoms. The Morgan fingerprint density at radius 2 is 1.96 bits per heavy atom. The van der Waals surface area contributed by atoms with E-state index in [1.807, 2.05) is 49.0 Å². The number of nitrogens with zero attached hydrogens (tertiary/aromatic N) is 4. The minimum absolute atomic E-state index is 0.0884. The second kappa shape index (κ2) is 6.93. The number of aryl methyl sites for hydroxylation is 2. The van der Waals surface area contributed by atoms with Gasteiger partial charge in [0.25, 0.3) is 5.91 Å². The van der Waals surface area contributed by atoms with E-state index in [1.165, 1.54) is 5.56 Å². The molecule has 130 valence electrons. The van der Waals surface area contributed by atoms with E-state index < -0.39 is 0 Å². The van der Waals surface area contributed by atoms with Crippen LogP contribution in [0.4, 0.5) is 0 Å². The molecule has 6 heteroatoms. The third kappa shape index (κ3) is 3.47. The van der Waals surface area contributed by atoms with Gasteiger partial charge in [-0.3, -0.25) is 14.6 Å². The van der Waals surface area contributed by atoms with Gasteiger partial charge in [0, 0.05) is 37.0 Å². The van der Waals surface area contributed by atoms with E-state index >= 15 is 0 Å². The highest BCUT2D eigenvalue weighted by molar-refractivity contribution is 5.93. The fourth-order valence-electron chi connectivity index (χ4n) is 2.80. The molecule has 25 heavy (non-hydrogen) atoms. The minimum atomic E-state index is -0.0884. The number of H-pyrrole nitrogens is 1. The van der Waals surface area contributed by atoms with Crippen molar-refractivity contribution in [3.63, 3.8) is 0 Å². The number of nitrogens with one attached hydrogen (secondary N) is 1. The molecule has 0 aliphatic rings. The fourth-order valence-corrected chi connectivity index (χ4v) is 2.80. The molecule has 0 unspecified atom stereocenters. The summed E-state index contributed by atoms with van der Waals surface area (Å²) in [6.07, 6.45) is 1.83. The van der Waals surface area contributed by atoms with Gasteiger partial charge in [0.05, 0.1) is 11.9 Å². The van der Waals surface area contributed by atoms with Crippen molar-refractivity contribution in [3.05, 3.63) is 59.0 Å². The Bertz CT molecular complexity index is 876. The van der Waals surface area contributed by atoms with Gasteiger partial charge in [-0.15, -0.1) is 0 Å². The number of amides is 1. The molecule has 2 heterocycles. The van der Waals surface area contributed by atoms with Crippen molar-refractivity contribution >= 4 is 5.91 Å². The number of aromatic amines is 1. The van der Waals surface area contributed by atoms with Gasteiger partial charge in [-0.25, -0.2) is 0 Å². The maximum atomic E-state index is 12.7. The molecule has 0 saturated heterocycles. The lowest BCUT2D eigenvalue weighted by Gasteiger charge is -2.15. The van der Waals surface area contributed by atoms with Crippen molar-refractivity contribution in [2.24, 2.45) is 0 Å². The van der Waals surface area contributed by atoms with Gasteiger partial charge in [0.1, 0.15) is 5.69 Å². The fraction of sp³-hybridized carbons (Fsp3) is 0.316. The number of rotatable bonds is 5. The molecule has 0 fully saturated rings. The van der Waals surface area contributed by atoms with Crippen molar-refractivity contribution in [1.29, 1.82) is 0 Å². The summed E-state index contributed by atoms with van der Waals surface area (Å²) < 4.78 is 1.93. The van der Waals surface area contributed by atoms with Crippen LogP contribution in [0.25, 0.3) is 11.3 Å². The predicted molar refractivity (Wildman–Crippen MR) is 97.2 cm³/mol. The molecule has 0 aliphatic carbocycles. The monoisotopic (exact) mass is 337 g/mol. The first-order valence-corrected chi connectivity index (χ1v) is 8.38. The Labute approximate surface area is 147 Å². The molecule has 0 atom stereocenters. The normalized spacial score (nSPS) is 10.9. The first-order chi connectivity index (χ1) is 12.0. The summed E-state index contributed by atoms with van der Waals surface area (Å²) in [7, 11) is 1.79. The quantitative estimate of drug-likeness (QED) is 0.777. The summed E-state index contributed by atoms with van der Waals surface area (Å²) in [5.74, 6) is -0.0884. The van der Waals surface area contributed by atoms with Crippen LogP contribution in [-0.4, -0.2) is 37.8 Å². The largest absolute Gasteiger partial charge is 0.336 e. The van der Waals surface area contributed by atoms with Crippen LogP contribution in [0.1, 0.15) is 34.2 Å². The van der Waals surface area contributed by atoms with Gasteiger partial charge in [0.2, 0.25) is 0 Å². The lowest BCUT2D eigenvalue weighted by atomic mass is 10.1. The average Bonchev–Trinajstić information content (AvgIpc) is 3.23. The smallest absolute Gasteiger partial charge is 0.271 e. The zero-order chi connectivity index (χ0) is 18.0. The Hall–Kier alpha value is -2.89. The molecule has 0 radical (unpaired) electrons. The van der Waals surface area contributed by atoms with E-state index in [4.69, 9.17) is 0 Å². The van der Waals surface area contributed by atoms with Crippen LogP contribution in [0.15, 0.2) is 36.5 Å². The summed E-state index contributed by atoms with van der Waals surface area (Å²) in [5.41, 5.74) is 5.58. The van der Waals surface area contributed by atoms with Crippen LogP contribution < -0.4 is 0 Å².